The summed E-state index contributed by atoms with van der Waals surface area (Å²) < 4.78 is 0. The Hall–Kier alpha value is -1.32. The summed E-state index contributed by atoms with van der Waals surface area (Å²) in [4.78, 5) is 27.8. The van der Waals surface area contributed by atoms with Crippen LogP contribution in [0, 0.1) is 11.3 Å². The normalized spacial score (nSPS) is 23.8. The lowest BCUT2D eigenvalue weighted by Crippen LogP contribution is -2.61. The van der Waals surface area contributed by atoms with Crippen molar-refractivity contribution in [3.63, 3.8) is 0 Å². The number of rotatable bonds is 5. The monoisotopic (exact) mass is 334 g/mol. The van der Waals surface area contributed by atoms with Crippen LogP contribution >= 0.6 is 0 Å². The summed E-state index contributed by atoms with van der Waals surface area (Å²) in [6.07, 6.45) is 10.4. The lowest BCUT2D eigenvalue weighted by molar-refractivity contribution is -0.152. The molecule has 136 valence electrons. The Balaban J connectivity index is 2.29. The lowest BCUT2D eigenvalue weighted by atomic mass is 9.68. The largest absolute Gasteiger partial charge is 0.330 e. The molecule has 0 saturated carbocycles. The second-order valence-corrected chi connectivity index (χ2v) is 7.73. The highest BCUT2D eigenvalue weighted by Gasteiger charge is 2.48. The summed E-state index contributed by atoms with van der Waals surface area (Å²) in [5.74, 6) is 0.0676. The van der Waals surface area contributed by atoms with Crippen molar-refractivity contribution in [1.82, 2.24) is 10.2 Å². The van der Waals surface area contributed by atoms with Crippen LogP contribution in [0.25, 0.3) is 0 Å². The molecular weight excluding hydrogens is 300 g/mol. The summed E-state index contributed by atoms with van der Waals surface area (Å²) in [6, 6.07) is -0.334. The van der Waals surface area contributed by atoms with Crippen LogP contribution in [-0.2, 0) is 9.59 Å². The predicted octanol–water partition coefficient (Wildman–Crippen LogP) is 4.01. The average Bonchev–Trinajstić information content (AvgIpc) is 2.60. The molecule has 0 aromatic rings. The van der Waals surface area contributed by atoms with E-state index < -0.39 is 0 Å². The molecule has 2 amide bonds. The molecule has 0 spiro atoms. The van der Waals surface area contributed by atoms with Gasteiger partial charge in [-0.1, -0.05) is 33.8 Å². The van der Waals surface area contributed by atoms with Crippen LogP contribution in [-0.4, -0.2) is 29.3 Å². The maximum atomic E-state index is 13.2. The number of allylic oxidation sites excluding steroid dienone is 2. The van der Waals surface area contributed by atoms with Gasteiger partial charge >= 0.3 is 0 Å². The standard InChI is InChI=1S/C20H34N2O2/c1-5-20(6-2)13-10-14-22(19(24)15(3)4)17(20)18(23)21-16-11-8-7-9-12-16/h11,15,17H,5-10,12-14H2,1-4H3,(H,21,23). The van der Waals surface area contributed by atoms with Crippen molar-refractivity contribution < 1.29 is 9.59 Å². The summed E-state index contributed by atoms with van der Waals surface area (Å²) in [7, 11) is 0. The first-order valence-electron chi connectivity index (χ1n) is 9.75. The van der Waals surface area contributed by atoms with Crippen LogP contribution in [0.2, 0.25) is 0 Å². The van der Waals surface area contributed by atoms with E-state index in [2.05, 4.69) is 25.2 Å². The van der Waals surface area contributed by atoms with Gasteiger partial charge < -0.3 is 10.2 Å². The van der Waals surface area contributed by atoms with E-state index in [4.69, 9.17) is 0 Å². The number of carbonyl (C=O) groups is 2. The number of carbonyl (C=O) groups excluding carboxylic acids is 2. The average molecular weight is 335 g/mol. The molecule has 0 aromatic carbocycles. The molecule has 0 aromatic heterocycles. The molecule has 2 aliphatic rings. The van der Waals surface area contributed by atoms with Gasteiger partial charge in [-0.05, 0) is 56.8 Å². The fourth-order valence-corrected chi connectivity index (χ4v) is 4.36. The third-order valence-electron chi connectivity index (χ3n) is 5.97. The van der Waals surface area contributed by atoms with Crippen molar-refractivity contribution in [3.8, 4) is 0 Å². The topological polar surface area (TPSA) is 49.4 Å². The van der Waals surface area contributed by atoms with Gasteiger partial charge in [0.2, 0.25) is 11.8 Å². The second-order valence-electron chi connectivity index (χ2n) is 7.73. The van der Waals surface area contributed by atoms with Crippen molar-refractivity contribution in [2.75, 3.05) is 6.54 Å². The number of hydrogen-bond acceptors (Lipinski definition) is 2. The van der Waals surface area contributed by atoms with Gasteiger partial charge in [0.05, 0.1) is 0 Å². The first kappa shape index (κ1) is 19.0. The first-order valence-corrected chi connectivity index (χ1v) is 9.75. The highest BCUT2D eigenvalue weighted by molar-refractivity contribution is 5.90. The molecule has 4 nitrogen and oxygen atoms in total. The minimum absolute atomic E-state index is 0.0283. The zero-order chi connectivity index (χ0) is 17.7. The molecule has 1 fully saturated rings. The van der Waals surface area contributed by atoms with Crippen molar-refractivity contribution in [3.05, 3.63) is 11.8 Å². The summed E-state index contributed by atoms with van der Waals surface area (Å²) in [5.41, 5.74) is 0.956. The van der Waals surface area contributed by atoms with E-state index >= 15 is 0 Å². The van der Waals surface area contributed by atoms with Gasteiger partial charge in [0.15, 0.2) is 0 Å². The van der Waals surface area contributed by atoms with Crippen LogP contribution in [0.15, 0.2) is 11.8 Å². The third kappa shape index (κ3) is 3.84. The lowest BCUT2D eigenvalue weighted by Gasteiger charge is -2.49. The number of amides is 2. The minimum Gasteiger partial charge on any atom is -0.330 e. The Bertz CT molecular complexity index is 492. The molecule has 24 heavy (non-hydrogen) atoms. The Morgan fingerprint density at radius 1 is 1.25 bits per heavy atom. The van der Waals surface area contributed by atoms with Crippen LogP contribution in [0.4, 0.5) is 0 Å². The quantitative estimate of drug-likeness (QED) is 0.826. The molecule has 1 saturated heterocycles. The van der Waals surface area contributed by atoms with Gasteiger partial charge in [-0.2, -0.15) is 0 Å². The number of likely N-dealkylation sites (tertiary alicyclic amines) is 1. The third-order valence-corrected chi connectivity index (χ3v) is 5.97. The Morgan fingerprint density at radius 2 is 1.96 bits per heavy atom. The zero-order valence-corrected chi connectivity index (χ0v) is 15.9. The van der Waals surface area contributed by atoms with E-state index in [1.165, 1.54) is 6.42 Å². The molecule has 1 unspecified atom stereocenters. The summed E-state index contributed by atoms with van der Waals surface area (Å²) in [6.45, 7) is 8.88. The molecule has 1 aliphatic heterocycles. The Morgan fingerprint density at radius 3 is 2.50 bits per heavy atom. The van der Waals surface area contributed by atoms with Crippen LogP contribution in [0.3, 0.4) is 0 Å². The van der Waals surface area contributed by atoms with Gasteiger partial charge in [0.1, 0.15) is 6.04 Å². The SMILES string of the molecule is CCC1(CC)CCCN(C(=O)C(C)C)C1C(=O)NC1=CCCCC1. The van der Waals surface area contributed by atoms with E-state index in [1.807, 2.05) is 18.7 Å². The fraction of sp³-hybridized carbons (Fsp3) is 0.800. The van der Waals surface area contributed by atoms with Crippen molar-refractivity contribution in [1.29, 1.82) is 0 Å². The van der Waals surface area contributed by atoms with Crippen molar-refractivity contribution >= 4 is 11.8 Å². The van der Waals surface area contributed by atoms with Gasteiger partial charge in [-0.25, -0.2) is 0 Å². The molecule has 0 bridgehead atoms. The molecule has 0 radical (unpaired) electrons. The summed E-state index contributed by atoms with van der Waals surface area (Å²) >= 11 is 0. The molecule has 1 N–H and O–H groups in total. The van der Waals surface area contributed by atoms with Gasteiger partial charge in [0, 0.05) is 18.2 Å². The van der Waals surface area contributed by atoms with Gasteiger partial charge in [-0.15, -0.1) is 0 Å². The van der Waals surface area contributed by atoms with E-state index in [-0.39, 0.29) is 29.2 Å². The zero-order valence-electron chi connectivity index (χ0n) is 15.9. The minimum atomic E-state index is -0.334. The number of nitrogens with zero attached hydrogens (tertiary/aromatic N) is 1. The van der Waals surface area contributed by atoms with Crippen LogP contribution < -0.4 is 5.32 Å². The smallest absolute Gasteiger partial charge is 0.247 e. The fourth-order valence-electron chi connectivity index (χ4n) is 4.36. The highest BCUT2D eigenvalue weighted by Crippen LogP contribution is 2.42. The predicted molar refractivity (Wildman–Crippen MR) is 97.3 cm³/mol. The Labute approximate surface area is 147 Å². The van der Waals surface area contributed by atoms with Crippen molar-refractivity contribution in [2.24, 2.45) is 11.3 Å². The molecule has 4 heteroatoms. The van der Waals surface area contributed by atoms with Crippen molar-refractivity contribution in [2.45, 2.75) is 85.1 Å². The number of hydrogen-bond donors (Lipinski definition) is 1. The second kappa shape index (κ2) is 8.17. The van der Waals surface area contributed by atoms with E-state index in [1.54, 1.807) is 0 Å². The number of piperidine rings is 1. The summed E-state index contributed by atoms with van der Waals surface area (Å²) in [5, 5.41) is 3.16. The van der Waals surface area contributed by atoms with Crippen LogP contribution in [0.5, 0.6) is 0 Å². The molecule has 1 aliphatic carbocycles. The Kier molecular flexibility index (Phi) is 6.47. The van der Waals surface area contributed by atoms with E-state index in [9.17, 15) is 9.59 Å². The molecule has 2 rings (SSSR count). The highest BCUT2D eigenvalue weighted by atomic mass is 16.2. The van der Waals surface area contributed by atoms with Gasteiger partial charge in [0.25, 0.3) is 0 Å². The first-order chi connectivity index (χ1) is 11.4. The van der Waals surface area contributed by atoms with Crippen LogP contribution in [0.1, 0.15) is 79.1 Å². The maximum Gasteiger partial charge on any atom is 0.247 e. The van der Waals surface area contributed by atoms with E-state index in [0.717, 1.165) is 50.6 Å². The maximum absolute atomic E-state index is 13.2. The number of nitrogens with one attached hydrogen (secondary N) is 1. The molecular formula is C20H34N2O2. The molecule has 1 atom stereocenters. The van der Waals surface area contributed by atoms with E-state index in [0.29, 0.717) is 6.54 Å². The molecule has 1 heterocycles. The van der Waals surface area contributed by atoms with Gasteiger partial charge in [-0.3, -0.25) is 9.59 Å².